The second-order valence-corrected chi connectivity index (χ2v) is 5.15. The highest BCUT2D eigenvalue weighted by Gasteiger charge is 2.14. The molecule has 21 heavy (non-hydrogen) atoms. The molecule has 2 aromatic carbocycles. The van der Waals surface area contributed by atoms with Crippen LogP contribution in [0.1, 0.15) is 5.56 Å². The van der Waals surface area contributed by atoms with E-state index in [9.17, 15) is 14.5 Å². The third-order valence-corrected chi connectivity index (χ3v) is 3.37. The summed E-state index contributed by atoms with van der Waals surface area (Å²) in [5.74, 6) is -0.344. The first kappa shape index (κ1) is 15.2. The molecular weight excluding hydrogens is 343 g/mol. The topological polar surface area (TPSA) is 64.4 Å². The molecule has 0 aromatic heterocycles. The first-order valence-electron chi connectivity index (χ1n) is 6.01. The number of ether oxygens (including phenoxy) is 1. The summed E-state index contributed by atoms with van der Waals surface area (Å²) in [6.45, 7) is 0.248. The van der Waals surface area contributed by atoms with E-state index in [4.69, 9.17) is 4.74 Å². The summed E-state index contributed by atoms with van der Waals surface area (Å²) in [5, 5.41) is 14.0. The number of nitrogens with one attached hydrogen (secondary N) is 1. The molecule has 2 rings (SSSR count). The molecule has 0 amide bonds. The Kier molecular flexibility index (Phi) is 4.74. The molecule has 0 saturated carbocycles. The van der Waals surface area contributed by atoms with Crippen molar-refractivity contribution >= 4 is 27.3 Å². The maximum absolute atomic E-state index is 13.3. The minimum atomic E-state index is -0.460. The van der Waals surface area contributed by atoms with Crippen molar-refractivity contribution in [2.75, 3.05) is 12.4 Å². The van der Waals surface area contributed by atoms with Crippen molar-refractivity contribution in [2.24, 2.45) is 0 Å². The fraction of sp³-hybridized carbons (Fsp3) is 0.143. The van der Waals surface area contributed by atoms with Crippen LogP contribution in [0.2, 0.25) is 0 Å². The van der Waals surface area contributed by atoms with Crippen molar-refractivity contribution in [1.29, 1.82) is 0 Å². The molecule has 0 fully saturated rings. The lowest BCUT2D eigenvalue weighted by molar-refractivity contribution is -0.385. The van der Waals surface area contributed by atoms with E-state index in [2.05, 4.69) is 21.2 Å². The molecule has 110 valence electrons. The fourth-order valence-electron chi connectivity index (χ4n) is 1.82. The summed E-state index contributed by atoms with van der Waals surface area (Å²) < 4.78 is 18.8. The standard InChI is InChI=1S/C14H12BrFN2O3/c1-21-14-7-11(4-5-12(14)16)17-8-9-2-3-10(15)6-13(9)18(19)20/h2-7,17H,8H2,1H3. The van der Waals surface area contributed by atoms with Crippen molar-refractivity contribution in [2.45, 2.75) is 6.54 Å². The maximum Gasteiger partial charge on any atom is 0.275 e. The van der Waals surface area contributed by atoms with E-state index in [1.54, 1.807) is 18.2 Å². The molecule has 0 spiro atoms. The van der Waals surface area contributed by atoms with E-state index in [1.165, 1.54) is 25.3 Å². The normalized spacial score (nSPS) is 10.2. The number of halogens is 2. The van der Waals surface area contributed by atoms with Crippen LogP contribution in [0.25, 0.3) is 0 Å². The first-order chi connectivity index (χ1) is 10.0. The summed E-state index contributed by atoms with van der Waals surface area (Å²) in [5.41, 5.74) is 1.17. The molecule has 0 atom stereocenters. The largest absolute Gasteiger partial charge is 0.494 e. The number of rotatable bonds is 5. The number of nitrogens with zero attached hydrogens (tertiary/aromatic N) is 1. The zero-order chi connectivity index (χ0) is 15.4. The van der Waals surface area contributed by atoms with Gasteiger partial charge in [0, 0.05) is 34.4 Å². The third kappa shape index (κ3) is 3.69. The van der Waals surface area contributed by atoms with Crippen LogP contribution in [0.15, 0.2) is 40.9 Å². The zero-order valence-electron chi connectivity index (χ0n) is 11.1. The van der Waals surface area contributed by atoms with Crippen LogP contribution in [0.5, 0.6) is 5.75 Å². The van der Waals surface area contributed by atoms with Crippen molar-refractivity contribution in [3.8, 4) is 5.75 Å². The van der Waals surface area contributed by atoms with Crippen molar-refractivity contribution in [1.82, 2.24) is 0 Å². The molecule has 0 bridgehead atoms. The Bertz CT molecular complexity index is 679. The van der Waals surface area contributed by atoms with E-state index in [0.717, 1.165) is 0 Å². The second kappa shape index (κ2) is 6.53. The van der Waals surface area contributed by atoms with E-state index in [-0.39, 0.29) is 18.0 Å². The SMILES string of the molecule is COc1cc(NCc2ccc(Br)cc2[N+](=O)[O-])ccc1F. The summed E-state index contributed by atoms with van der Waals surface area (Å²) >= 11 is 3.20. The van der Waals surface area contributed by atoms with Crippen LogP contribution in [-0.4, -0.2) is 12.0 Å². The predicted octanol–water partition coefficient (Wildman–Crippen LogP) is 4.12. The Morgan fingerprint density at radius 1 is 1.33 bits per heavy atom. The highest BCUT2D eigenvalue weighted by atomic mass is 79.9. The molecule has 0 saturated heterocycles. The smallest absolute Gasteiger partial charge is 0.275 e. The number of nitro groups is 1. The van der Waals surface area contributed by atoms with Gasteiger partial charge in [0.05, 0.1) is 12.0 Å². The van der Waals surface area contributed by atoms with Gasteiger partial charge in [-0.1, -0.05) is 15.9 Å². The van der Waals surface area contributed by atoms with E-state index in [0.29, 0.717) is 15.7 Å². The molecular formula is C14H12BrFN2O3. The number of anilines is 1. The molecule has 0 heterocycles. The van der Waals surface area contributed by atoms with Gasteiger partial charge in [0.1, 0.15) is 0 Å². The number of methoxy groups -OCH3 is 1. The predicted molar refractivity (Wildman–Crippen MR) is 81.1 cm³/mol. The quantitative estimate of drug-likeness (QED) is 0.647. The van der Waals surface area contributed by atoms with E-state index >= 15 is 0 Å². The average Bonchev–Trinajstić information content (AvgIpc) is 2.47. The number of nitro benzene ring substituents is 1. The number of hydrogen-bond acceptors (Lipinski definition) is 4. The Balaban J connectivity index is 2.18. The molecule has 2 aromatic rings. The van der Waals surface area contributed by atoms with Gasteiger partial charge in [-0.25, -0.2) is 4.39 Å². The van der Waals surface area contributed by atoms with Gasteiger partial charge in [-0.05, 0) is 24.3 Å². The van der Waals surface area contributed by atoms with Crippen LogP contribution in [-0.2, 0) is 6.54 Å². The zero-order valence-corrected chi connectivity index (χ0v) is 12.7. The van der Waals surface area contributed by atoms with Crippen LogP contribution in [0, 0.1) is 15.9 Å². The van der Waals surface area contributed by atoms with Crippen molar-refractivity contribution in [3.63, 3.8) is 0 Å². The molecule has 0 unspecified atom stereocenters. The molecule has 5 nitrogen and oxygen atoms in total. The lowest BCUT2D eigenvalue weighted by Crippen LogP contribution is -2.03. The maximum atomic E-state index is 13.3. The average molecular weight is 355 g/mol. The van der Waals surface area contributed by atoms with Crippen LogP contribution >= 0.6 is 15.9 Å². The third-order valence-electron chi connectivity index (χ3n) is 2.88. The summed E-state index contributed by atoms with van der Waals surface area (Å²) in [6.07, 6.45) is 0. The van der Waals surface area contributed by atoms with Gasteiger partial charge in [-0.15, -0.1) is 0 Å². The minimum Gasteiger partial charge on any atom is -0.494 e. The van der Waals surface area contributed by atoms with Gasteiger partial charge in [0.15, 0.2) is 11.6 Å². The van der Waals surface area contributed by atoms with Gasteiger partial charge in [-0.2, -0.15) is 0 Å². The van der Waals surface area contributed by atoms with Gasteiger partial charge >= 0.3 is 0 Å². The van der Waals surface area contributed by atoms with Crippen LogP contribution in [0.3, 0.4) is 0 Å². The van der Waals surface area contributed by atoms with Gasteiger partial charge in [0.2, 0.25) is 0 Å². The Labute approximate surface area is 129 Å². The molecule has 0 radical (unpaired) electrons. The van der Waals surface area contributed by atoms with Gasteiger partial charge < -0.3 is 10.1 Å². The Morgan fingerprint density at radius 2 is 2.10 bits per heavy atom. The summed E-state index contributed by atoms with van der Waals surface area (Å²) in [4.78, 5) is 10.6. The molecule has 7 heteroatoms. The lowest BCUT2D eigenvalue weighted by atomic mass is 10.1. The monoisotopic (exact) mass is 354 g/mol. The fourth-order valence-corrected chi connectivity index (χ4v) is 2.17. The highest BCUT2D eigenvalue weighted by Crippen LogP contribution is 2.26. The second-order valence-electron chi connectivity index (χ2n) is 4.23. The number of hydrogen-bond donors (Lipinski definition) is 1. The highest BCUT2D eigenvalue weighted by molar-refractivity contribution is 9.10. The molecule has 1 N–H and O–H groups in total. The van der Waals surface area contributed by atoms with Crippen molar-refractivity contribution in [3.05, 3.63) is 62.4 Å². The van der Waals surface area contributed by atoms with Crippen LogP contribution < -0.4 is 10.1 Å². The molecule has 0 aliphatic carbocycles. The van der Waals surface area contributed by atoms with Crippen LogP contribution in [0.4, 0.5) is 15.8 Å². The number of benzene rings is 2. The summed E-state index contributed by atoms with van der Waals surface area (Å²) in [7, 11) is 1.38. The lowest BCUT2D eigenvalue weighted by Gasteiger charge is -2.09. The molecule has 0 aliphatic heterocycles. The van der Waals surface area contributed by atoms with E-state index < -0.39 is 10.7 Å². The van der Waals surface area contributed by atoms with Gasteiger partial charge in [-0.3, -0.25) is 10.1 Å². The Hall–Kier alpha value is -2.15. The van der Waals surface area contributed by atoms with Gasteiger partial charge in [0.25, 0.3) is 5.69 Å². The Morgan fingerprint density at radius 3 is 2.76 bits per heavy atom. The minimum absolute atomic E-state index is 0.0194. The first-order valence-corrected chi connectivity index (χ1v) is 6.81. The van der Waals surface area contributed by atoms with E-state index in [1.807, 2.05) is 0 Å². The summed E-state index contributed by atoms with van der Waals surface area (Å²) in [6, 6.07) is 9.16. The van der Waals surface area contributed by atoms with Crippen molar-refractivity contribution < 1.29 is 14.1 Å². The molecule has 0 aliphatic rings.